The summed E-state index contributed by atoms with van der Waals surface area (Å²) in [5.41, 5.74) is 12.5. The van der Waals surface area contributed by atoms with Crippen LogP contribution in [-0.2, 0) is 20.1 Å². The fraction of sp³-hybridized carbons (Fsp3) is 0.200. The van der Waals surface area contributed by atoms with Crippen molar-refractivity contribution in [3.63, 3.8) is 0 Å². The van der Waals surface area contributed by atoms with Gasteiger partial charge in [-0.1, -0.05) is 48.5 Å². The molecule has 0 saturated carbocycles. The second kappa shape index (κ2) is 9.40. The monoisotopic (exact) mass is 523 g/mol. The molecule has 4 bridgehead atoms. The third kappa shape index (κ3) is 3.69. The van der Waals surface area contributed by atoms with Gasteiger partial charge in [0.25, 0.3) is 0 Å². The summed E-state index contributed by atoms with van der Waals surface area (Å²) >= 11 is 0. The molecule has 0 aliphatic carbocycles. The Morgan fingerprint density at radius 1 is 0.550 bits per heavy atom. The van der Waals surface area contributed by atoms with E-state index in [0.29, 0.717) is 0 Å². The fourth-order valence-electron chi connectivity index (χ4n) is 6.72. The first-order chi connectivity index (χ1) is 19.8. The minimum atomic E-state index is 0.850. The number of hydrogen-bond donors (Lipinski definition) is 4. The van der Waals surface area contributed by atoms with Crippen LogP contribution in [0, 0.1) is 0 Å². The molecule has 3 aromatic heterocycles. The Morgan fingerprint density at radius 2 is 1.02 bits per heavy atom. The maximum Gasteiger partial charge on any atom is 0.0510 e. The number of benzene rings is 4. The minimum Gasteiger partial charge on any atom is -0.354 e. The summed E-state index contributed by atoms with van der Waals surface area (Å²) in [4.78, 5) is 7.52. The molecule has 4 aromatic carbocycles. The number of fused-ring (bicyclic) bond motifs is 10. The first kappa shape index (κ1) is 23.6. The normalized spacial score (nSPS) is 14.8. The molecule has 0 amide bonds. The molecule has 0 atom stereocenters. The van der Waals surface area contributed by atoms with Crippen LogP contribution in [-0.4, -0.2) is 27.6 Å². The van der Waals surface area contributed by atoms with Crippen LogP contribution in [0.15, 0.2) is 84.9 Å². The number of nitrogens with zero attached hydrogens (tertiary/aromatic N) is 1. The molecule has 1 aliphatic rings. The van der Waals surface area contributed by atoms with E-state index in [1.54, 1.807) is 0 Å². The van der Waals surface area contributed by atoms with E-state index >= 15 is 0 Å². The van der Waals surface area contributed by atoms with Gasteiger partial charge in [0.2, 0.25) is 0 Å². The smallest absolute Gasteiger partial charge is 0.0510 e. The van der Waals surface area contributed by atoms with E-state index in [1.165, 1.54) is 77.3 Å². The zero-order valence-electron chi connectivity index (χ0n) is 22.8. The number of nitrogens with one attached hydrogen (secondary N) is 4. The minimum absolute atomic E-state index is 0.850. The number of aryl methyl sites for hydroxylation is 1. The van der Waals surface area contributed by atoms with Gasteiger partial charge in [-0.25, -0.2) is 0 Å². The molecule has 8 rings (SSSR count). The Bertz CT molecular complexity index is 1890. The van der Waals surface area contributed by atoms with Gasteiger partial charge in [-0.15, -0.1) is 0 Å². The predicted molar refractivity (Wildman–Crippen MR) is 168 cm³/mol. The van der Waals surface area contributed by atoms with Gasteiger partial charge >= 0.3 is 0 Å². The van der Waals surface area contributed by atoms with Crippen molar-refractivity contribution >= 4 is 43.6 Å². The van der Waals surface area contributed by atoms with Crippen LogP contribution in [0.25, 0.3) is 66.1 Å². The maximum atomic E-state index is 3.76. The average Bonchev–Trinajstić information content (AvgIpc) is 3.64. The van der Waals surface area contributed by atoms with Crippen molar-refractivity contribution in [2.75, 3.05) is 13.1 Å². The molecule has 198 valence electrons. The van der Waals surface area contributed by atoms with E-state index in [-0.39, 0.29) is 0 Å². The fourth-order valence-corrected chi connectivity index (χ4v) is 6.72. The van der Waals surface area contributed by atoms with Crippen molar-refractivity contribution in [2.45, 2.75) is 25.9 Å². The summed E-state index contributed by atoms with van der Waals surface area (Å²) in [5, 5.41) is 12.6. The Morgan fingerprint density at radius 3 is 1.52 bits per heavy atom. The standard InChI is InChI=1S/C35H33N5/c1-40-32-14-12-22-18-26(32)27-19-23(13-15-33(27)40)35-29(25-9-3-5-11-31(25)39-35)21-37-17-7-6-16-36-20-28-24-8-2-4-10-30(24)38-34(22)28/h2-5,8-15,18-19,36-39H,6-7,16-17,20-21H2,1H3. The maximum absolute atomic E-state index is 3.76. The van der Waals surface area contributed by atoms with E-state index < -0.39 is 0 Å². The lowest BCUT2D eigenvalue weighted by Gasteiger charge is -2.10. The number of aromatic nitrogens is 3. The summed E-state index contributed by atoms with van der Waals surface area (Å²) < 4.78 is 2.32. The number of aromatic amines is 2. The Balaban J connectivity index is 1.37. The topological polar surface area (TPSA) is 60.6 Å². The second-order valence-electron chi connectivity index (χ2n) is 11.1. The molecule has 5 nitrogen and oxygen atoms in total. The number of hydrogen-bond acceptors (Lipinski definition) is 2. The van der Waals surface area contributed by atoms with E-state index in [1.807, 2.05) is 0 Å². The Labute approximate surface area is 233 Å². The largest absolute Gasteiger partial charge is 0.354 e. The van der Waals surface area contributed by atoms with E-state index in [4.69, 9.17) is 0 Å². The van der Waals surface area contributed by atoms with Crippen LogP contribution in [0.1, 0.15) is 24.0 Å². The lowest BCUT2D eigenvalue weighted by atomic mass is 10.0. The third-order valence-corrected chi connectivity index (χ3v) is 8.77. The van der Waals surface area contributed by atoms with Crippen molar-refractivity contribution in [3.8, 4) is 22.5 Å². The molecular weight excluding hydrogens is 490 g/mol. The van der Waals surface area contributed by atoms with Crippen LogP contribution in [0.4, 0.5) is 0 Å². The van der Waals surface area contributed by atoms with E-state index in [9.17, 15) is 0 Å². The molecule has 1 aliphatic heterocycles. The molecule has 0 saturated heterocycles. The lowest BCUT2D eigenvalue weighted by Crippen LogP contribution is -2.19. The molecule has 0 fully saturated rings. The molecule has 7 aromatic rings. The highest BCUT2D eigenvalue weighted by Gasteiger charge is 2.18. The molecule has 40 heavy (non-hydrogen) atoms. The van der Waals surface area contributed by atoms with Gasteiger partial charge in [0.05, 0.1) is 11.4 Å². The molecule has 4 N–H and O–H groups in total. The van der Waals surface area contributed by atoms with Crippen LogP contribution in [0.5, 0.6) is 0 Å². The van der Waals surface area contributed by atoms with Gasteiger partial charge in [0.1, 0.15) is 0 Å². The summed E-state index contributed by atoms with van der Waals surface area (Å²) in [6.07, 6.45) is 2.28. The molecule has 5 heteroatoms. The molecule has 4 heterocycles. The summed E-state index contributed by atoms with van der Waals surface area (Å²) in [7, 11) is 2.18. The zero-order valence-corrected chi connectivity index (χ0v) is 22.8. The van der Waals surface area contributed by atoms with Gasteiger partial charge in [0.15, 0.2) is 0 Å². The van der Waals surface area contributed by atoms with Crippen molar-refractivity contribution in [2.24, 2.45) is 7.05 Å². The Hall–Kier alpha value is -4.32. The summed E-state index contributed by atoms with van der Waals surface area (Å²) in [6.45, 7) is 3.70. The zero-order chi connectivity index (χ0) is 26.6. The number of rotatable bonds is 0. The second-order valence-corrected chi connectivity index (χ2v) is 11.1. The summed E-state index contributed by atoms with van der Waals surface area (Å²) in [5.74, 6) is 0. The van der Waals surface area contributed by atoms with Crippen molar-refractivity contribution in [1.82, 2.24) is 25.2 Å². The molecule has 0 radical (unpaired) electrons. The van der Waals surface area contributed by atoms with Crippen molar-refractivity contribution < 1.29 is 0 Å². The first-order valence-corrected chi connectivity index (χ1v) is 14.4. The number of H-pyrrole nitrogens is 2. The van der Waals surface area contributed by atoms with Gasteiger partial charge < -0.3 is 25.2 Å². The predicted octanol–water partition coefficient (Wildman–Crippen LogP) is 7.60. The van der Waals surface area contributed by atoms with Crippen LogP contribution >= 0.6 is 0 Å². The van der Waals surface area contributed by atoms with E-state index in [0.717, 1.165) is 39.0 Å². The third-order valence-electron chi connectivity index (χ3n) is 8.77. The molecule has 0 spiro atoms. The van der Waals surface area contributed by atoms with Gasteiger partial charge in [-0.05, 0) is 84.6 Å². The SMILES string of the molecule is Cn1c2ccc3cc2c2cc(ccc21)-c1[nH]c2ccccc2c1CNCCCCNCc1c-3[nH]c2ccccc12. The van der Waals surface area contributed by atoms with Crippen LogP contribution in [0.3, 0.4) is 0 Å². The molecule has 0 unspecified atom stereocenters. The van der Waals surface area contributed by atoms with Gasteiger partial charge in [-0.3, -0.25) is 0 Å². The molecular formula is C35H33N5. The number of para-hydroxylation sites is 2. The average molecular weight is 524 g/mol. The van der Waals surface area contributed by atoms with Crippen molar-refractivity contribution in [1.29, 1.82) is 0 Å². The van der Waals surface area contributed by atoms with E-state index in [2.05, 4.69) is 117 Å². The Kier molecular flexibility index (Phi) is 5.54. The quantitative estimate of drug-likeness (QED) is 0.165. The van der Waals surface area contributed by atoms with Crippen LogP contribution < -0.4 is 10.6 Å². The highest BCUT2D eigenvalue weighted by molar-refractivity contribution is 6.11. The van der Waals surface area contributed by atoms with Gasteiger partial charge in [0, 0.05) is 63.7 Å². The lowest BCUT2D eigenvalue weighted by molar-refractivity contribution is 0.584. The van der Waals surface area contributed by atoms with Crippen molar-refractivity contribution in [3.05, 3.63) is 96.1 Å². The van der Waals surface area contributed by atoms with Crippen LogP contribution in [0.2, 0.25) is 0 Å². The highest BCUT2D eigenvalue weighted by Crippen LogP contribution is 2.38. The van der Waals surface area contributed by atoms with Gasteiger partial charge in [-0.2, -0.15) is 0 Å². The first-order valence-electron chi connectivity index (χ1n) is 14.4. The summed E-state index contributed by atoms with van der Waals surface area (Å²) in [6, 6.07) is 31.2. The highest BCUT2D eigenvalue weighted by atomic mass is 14.9.